The molecule has 2 aromatic heterocycles. The molecular weight excluding hydrogens is 502 g/mol. The van der Waals surface area contributed by atoms with Crippen molar-refractivity contribution in [1.82, 2.24) is 24.0 Å². The zero-order valence-corrected chi connectivity index (χ0v) is 22.6. The zero-order chi connectivity index (χ0) is 28.1. The highest BCUT2D eigenvalue weighted by Crippen LogP contribution is 2.23. The summed E-state index contributed by atoms with van der Waals surface area (Å²) in [7, 11) is 1.53. The van der Waals surface area contributed by atoms with Crippen LogP contribution in [0.2, 0.25) is 0 Å². The molecule has 12 nitrogen and oxygen atoms in total. The number of likely N-dealkylation sites (N-methyl/N-ethyl adjacent to an activating group) is 1. The highest BCUT2D eigenvalue weighted by Gasteiger charge is 2.27. The molecule has 1 aliphatic heterocycles. The van der Waals surface area contributed by atoms with E-state index < -0.39 is 23.6 Å². The summed E-state index contributed by atoms with van der Waals surface area (Å²) in [6, 6.07) is 6.42. The molecule has 0 unspecified atom stereocenters. The second kappa shape index (κ2) is 12.1. The molecule has 3 aromatic rings. The third kappa shape index (κ3) is 5.80. The van der Waals surface area contributed by atoms with Crippen molar-refractivity contribution in [3.05, 3.63) is 62.8 Å². The smallest absolute Gasteiger partial charge is 0.332 e. The molecule has 1 aromatic carbocycles. The number of hydrogen-bond acceptors (Lipinski definition) is 8. The largest absolute Gasteiger partial charge is 0.483 e. The fourth-order valence-corrected chi connectivity index (χ4v) is 4.76. The Bertz CT molecular complexity index is 1520. The van der Waals surface area contributed by atoms with Gasteiger partial charge in [-0.2, -0.15) is 4.98 Å². The number of aromatic nitrogens is 4. The number of piperidine rings is 1. The van der Waals surface area contributed by atoms with Crippen LogP contribution in [0.1, 0.15) is 37.0 Å². The van der Waals surface area contributed by atoms with Gasteiger partial charge in [0, 0.05) is 39.3 Å². The first kappa shape index (κ1) is 27.8. The minimum atomic E-state index is -0.654. The van der Waals surface area contributed by atoms with Crippen LogP contribution in [-0.2, 0) is 24.9 Å². The van der Waals surface area contributed by atoms with E-state index in [0.717, 1.165) is 24.0 Å². The van der Waals surface area contributed by atoms with Crippen LogP contribution in [0.5, 0.6) is 5.75 Å². The van der Waals surface area contributed by atoms with Crippen molar-refractivity contribution in [3.8, 4) is 5.75 Å². The van der Waals surface area contributed by atoms with E-state index in [1.807, 2.05) is 24.0 Å². The highest BCUT2D eigenvalue weighted by atomic mass is 16.5. The fourth-order valence-electron chi connectivity index (χ4n) is 4.76. The van der Waals surface area contributed by atoms with Crippen LogP contribution < -0.4 is 31.9 Å². The molecule has 1 atom stereocenters. The lowest BCUT2D eigenvalue weighted by atomic mass is 10.1. The number of nitrogens with two attached hydrogens (primary N) is 1. The van der Waals surface area contributed by atoms with Crippen molar-refractivity contribution in [3.63, 3.8) is 0 Å². The number of ketones is 1. The molecule has 0 spiro atoms. The van der Waals surface area contributed by atoms with Crippen molar-refractivity contribution in [2.24, 2.45) is 12.8 Å². The van der Waals surface area contributed by atoms with Gasteiger partial charge in [-0.1, -0.05) is 24.3 Å². The van der Waals surface area contributed by atoms with Crippen LogP contribution in [0.25, 0.3) is 11.2 Å². The number of nitrogens with zero attached hydrogens (tertiary/aromatic N) is 5. The van der Waals surface area contributed by atoms with Crippen LogP contribution in [0.3, 0.4) is 0 Å². The maximum absolute atomic E-state index is 13.8. The van der Waals surface area contributed by atoms with E-state index in [4.69, 9.17) is 15.5 Å². The van der Waals surface area contributed by atoms with Gasteiger partial charge in [-0.15, -0.1) is 0 Å². The summed E-state index contributed by atoms with van der Waals surface area (Å²) in [4.78, 5) is 59.0. The first-order valence-electron chi connectivity index (χ1n) is 13.1. The molecule has 208 valence electrons. The number of carbonyl (C=O) groups is 2. The quantitative estimate of drug-likeness (QED) is 0.285. The summed E-state index contributed by atoms with van der Waals surface area (Å²) in [5.41, 5.74) is 5.60. The number of allylic oxidation sites excluding steroid dienone is 2. The molecule has 1 aliphatic rings. The number of benzene rings is 1. The van der Waals surface area contributed by atoms with E-state index in [0.29, 0.717) is 25.6 Å². The van der Waals surface area contributed by atoms with Gasteiger partial charge in [-0.3, -0.25) is 23.5 Å². The predicted octanol–water partition coefficient (Wildman–Crippen LogP) is 0.798. The van der Waals surface area contributed by atoms with E-state index in [1.165, 1.54) is 17.7 Å². The summed E-state index contributed by atoms with van der Waals surface area (Å²) in [5.74, 6) is -0.0583. The summed E-state index contributed by atoms with van der Waals surface area (Å²) >= 11 is 0. The average Bonchev–Trinajstić information content (AvgIpc) is 3.32. The standard InChI is InChI=1S/C27H35N7O5/c1-4-6-14-33-23-24(30-26(33)32-13-9-10-18(28)15-32)31(3)27(38)34(25(23)37)16-20(35)19-11-7-8-12-21(19)39-17-22(36)29-5-2/h4,6-8,11-12,18H,5,9-10,13-17,28H2,1-3H3,(H,29,36)/b6-4+/t18-/m1/s1. The van der Waals surface area contributed by atoms with Gasteiger partial charge in [0.05, 0.1) is 12.1 Å². The minimum absolute atomic E-state index is 0.0119. The Hall–Kier alpha value is -4.19. The Balaban J connectivity index is 1.75. The van der Waals surface area contributed by atoms with E-state index in [2.05, 4.69) is 5.32 Å². The number of fused-ring (bicyclic) bond motifs is 1. The maximum Gasteiger partial charge on any atom is 0.332 e. The summed E-state index contributed by atoms with van der Waals surface area (Å²) in [6.45, 7) is 5.06. The van der Waals surface area contributed by atoms with Gasteiger partial charge < -0.3 is 25.3 Å². The Kier molecular flexibility index (Phi) is 8.65. The predicted molar refractivity (Wildman–Crippen MR) is 148 cm³/mol. The minimum Gasteiger partial charge on any atom is -0.483 e. The lowest BCUT2D eigenvalue weighted by Gasteiger charge is -2.31. The molecule has 0 radical (unpaired) electrons. The molecule has 4 rings (SSSR count). The van der Waals surface area contributed by atoms with E-state index >= 15 is 0 Å². The van der Waals surface area contributed by atoms with Gasteiger partial charge in [0.2, 0.25) is 5.95 Å². The average molecular weight is 538 g/mol. The molecular formula is C27H35N7O5. The molecule has 0 aliphatic carbocycles. The number of hydrogen-bond donors (Lipinski definition) is 2. The summed E-state index contributed by atoms with van der Waals surface area (Å²) < 4.78 is 9.56. The van der Waals surface area contributed by atoms with Gasteiger partial charge in [0.1, 0.15) is 5.75 Å². The van der Waals surface area contributed by atoms with E-state index in [-0.39, 0.29) is 41.0 Å². The van der Waals surface area contributed by atoms with Crippen molar-refractivity contribution in [1.29, 1.82) is 0 Å². The fraction of sp³-hybridized carbons (Fsp3) is 0.444. The lowest BCUT2D eigenvalue weighted by Crippen LogP contribution is -2.44. The Morgan fingerprint density at radius 3 is 2.72 bits per heavy atom. The van der Waals surface area contributed by atoms with E-state index in [1.54, 1.807) is 29.7 Å². The number of anilines is 1. The number of imidazole rings is 1. The van der Waals surface area contributed by atoms with Gasteiger partial charge in [0.15, 0.2) is 23.6 Å². The third-order valence-corrected chi connectivity index (χ3v) is 6.70. The number of aryl methyl sites for hydroxylation is 1. The summed E-state index contributed by atoms with van der Waals surface area (Å²) in [6.07, 6.45) is 5.58. The van der Waals surface area contributed by atoms with Crippen LogP contribution >= 0.6 is 0 Å². The Morgan fingerprint density at radius 1 is 1.23 bits per heavy atom. The third-order valence-electron chi connectivity index (χ3n) is 6.70. The Morgan fingerprint density at radius 2 is 2.00 bits per heavy atom. The molecule has 3 heterocycles. The topological polar surface area (TPSA) is 146 Å². The van der Waals surface area contributed by atoms with E-state index in [9.17, 15) is 19.2 Å². The number of ether oxygens (including phenoxy) is 1. The van der Waals surface area contributed by atoms with Gasteiger partial charge in [0.25, 0.3) is 11.5 Å². The van der Waals surface area contributed by atoms with Crippen LogP contribution in [0, 0.1) is 0 Å². The zero-order valence-electron chi connectivity index (χ0n) is 22.6. The van der Waals surface area contributed by atoms with Crippen LogP contribution in [0.4, 0.5) is 5.95 Å². The molecule has 39 heavy (non-hydrogen) atoms. The number of carbonyl (C=O) groups excluding carboxylic acids is 2. The molecule has 12 heteroatoms. The van der Waals surface area contributed by atoms with Crippen LogP contribution in [-0.4, -0.2) is 62.7 Å². The second-order valence-electron chi connectivity index (χ2n) is 9.51. The molecule has 1 saturated heterocycles. The van der Waals surface area contributed by atoms with Gasteiger partial charge in [-0.25, -0.2) is 4.79 Å². The normalized spacial score (nSPS) is 15.7. The van der Waals surface area contributed by atoms with Gasteiger partial charge in [-0.05, 0) is 38.8 Å². The number of amides is 1. The van der Waals surface area contributed by atoms with Crippen molar-refractivity contribution in [2.45, 2.75) is 45.8 Å². The van der Waals surface area contributed by atoms with Crippen LogP contribution in [0.15, 0.2) is 46.0 Å². The molecule has 1 fully saturated rings. The van der Waals surface area contributed by atoms with Crippen molar-refractivity contribution in [2.75, 3.05) is 31.1 Å². The second-order valence-corrected chi connectivity index (χ2v) is 9.51. The van der Waals surface area contributed by atoms with Crippen molar-refractivity contribution < 1.29 is 14.3 Å². The number of para-hydroxylation sites is 1. The molecule has 3 N–H and O–H groups in total. The molecule has 0 saturated carbocycles. The lowest BCUT2D eigenvalue weighted by molar-refractivity contribution is -0.123. The Labute approximate surface area is 225 Å². The first-order chi connectivity index (χ1) is 18.8. The van der Waals surface area contributed by atoms with Gasteiger partial charge >= 0.3 is 5.69 Å². The first-order valence-corrected chi connectivity index (χ1v) is 13.1. The maximum atomic E-state index is 13.8. The summed E-state index contributed by atoms with van der Waals surface area (Å²) in [5, 5.41) is 2.63. The number of Topliss-reactive ketones (excluding diaryl/α,β-unsaturated/α-hetero) is 1. The number of nitrogens with one attached hydrogen (secondary N) is 1. The monoisotopic (exact) mass is 537 g/mol. The number of rotatable bonds is 10. The SMILES string of the molecule is C/C=C/Cn1c(N2CCC[C@@H](N)C2)nc2c1c(=O)n(CC(=O)c1ccccc1OCC(=O)NCC)c(=O)n2C. The molecule has 0 bridgehead atoms. The highest BCUT2D eigenvalue weighted by molar-refractivity contribution is 5.98. The van der Waals surface area contributed by atoms with Crippen molar-refractivity contribution >= 4 is 28.8 Å². The molecule has 1 amide bonds.